The maximum atomic E-state index is 14.4. The van der Waals surface area contributed by atoms with Gasteiger partial charge in [0.25, 0.3) is 0 Å². The average molecular weight is 397 g/mol. The molecular weight excluding hydrogens is 372 g/mol. The number of hydrogen-bond acceptors (Lipinski definition) is 5. The number of fused-ring (bicyclic) bond motifs is 1. The molecule has 0 amide bonds. The van der Waals surface area contributed by atoms with Crippen LogP contribution in [-0.4, -0.2) is 41.2 Å². The van der Waals surface area contributed by atoms with E-state index in [-0.39, 0.29) is 5.69 Å². The number of unbranched alkanes of at least 4 members (excludes halogenated alkanes) is 2. The summed E-state index contributed by atoms with van der Waals surface area (Å²) in [5.74, 6) is -1.55. The van der Waals surface area contributed by atoms with Gasteiger partial charge in [0.05, 0.1) is 11.4 Å². The number of hydrogen-bond donors (Lipinski definition) is 2. The van der Waals surface area contributed by atoms with Gasteiger partial charge in [-0.25, -0.2) is 13.1 Å². The van der Waals surface area contributed by atoms with Gasteiger partial charge in [0, 0.05) is 12.6 Å². The summed E-state index contributed by atoms with van der Waals surface area (Å²) in [6.45, 7) is 1.41. The Morgan fingerprint density at radius 1 is 0.926 bits per heavy atom. The number of halogens is 2. The van der Waals surface area contributed by atoms with Crippen LogP contribution in [0.15, 0.2) is 42.5 Å². The highest BCUT2D eigenvalue weighted by atomic mass is 32.3. The van der Waals surface area contributed by atoms with Crippen LogP contribution in [-0.2, 0) is 0 Å². The first kappa shape index (κ1) is 19.9. The zero-order valence-electron chi connectivity index (χ0n) is 15.5. The van der Waals surface area contributed by atoms with Crippen LogP contribution < -0.4 is 8.61 Å². The molecule has 0 atom stereocenters. The van der Waals surface area contributed by atoms with Crippen molar-refractivity contribution in [1.82, 2.24) is 4.90 Å². The van der Waals surface area contributed by atoms with Gasteiger partial charge in [0.2, 0.25) is 0 Å². The zero-order chi connectivity index (χ0) is 19.6. The molecule has 0 aromatic heterocycles. The zero-order valence-corrected chi connectivity index (χ0v) is 16.3. The first-order chi connectivity index (χ1) is 12.8. The Kier molecular flexibility index (Phi) is 5.90. The minimum absolute atomic E-state index is 0.0565. The molecule has 0 fully saturated rings. The van der Waals surface area contributed by atoms with E-state index in [1.54, 1.807) is 24.3 Å². The summed E-state index contributed by atoms with van der Waals surface area (Å²) in [4.78, 5) is 2.11. The standard InChI is InChI=1S/C19H25F2N3O2S/c1-22(2)12-6-3-7-13-23-18-8-4-5-9-19(18)24(27(23,25)26)17-11-10-15(20)14-16(17)21/h4-5,8-11,14,25-26H,3,6-7,12-13H2,1-2H3. The van der Waals surface area contributed by atoms with E-state index in [0.717, 1.165) is 37.9 Å². The number of benzene rings is 2. The third-order valence-corrected chi connectivity index (χ3v) is 6.36. The molecular formula is C19H25F2N3O2S. The van der Waals surface area contributed by atoms with E-state index >= 15 is 0 Å². The van der Waals surface area contributed by atoms with Crippen molar-refractivity contribution in [3.05, 3.63) is 54.1 Å². The van der Waals surface area contributed by atoms with Crippen LogP contribution >= 0.6 is 11.0 Å². The van der Waals surface area contributed by atoms with Gasteiger partial charge in [-0.05, 0) is 68.7 Å². The van der Waals surface area contributed by atoms with Crippen LogP contribution in [0, 0.1) is 11.6 Å². The third-order valence-electron chi connectivity index (χ3n) is 4.50. The monoisotopic (exact) mass is 397 g/mol. The predicted molar refractivity (Wildman–Crippen MR) is 108 cm³/mol. The molecule has 2 aromatic rings. The summed E-state index contributed by atoms with van der Waals surface area (Å²) in [6.07, 6.45) is 2.73. The maximum absolute atomic E-state index is 14.4. The molecule has 0 radical (unpaired) electrons. The van der Waals surface area contributed by atoms with E-state index in [1.165, 1.54) is 14.7 Å². The second-order valence-electron chi connectivity index (χ2n) is 6.83. The Morgan fingerprint density at radius 3 is 2.30 bits per heavy atom. The quantitative estimate of drug-likeness (QED) is 0.626. The molecule has 0 unspecified atom stereocenters. The number of nitrogens with zero attached hydrogens (tertiary/aromatic N) is 3. The van der Waals surface area contributed by atoms with Gasteiger partial charge in [-0.1, -0.05) is 18.6 Å². The van der Waals surface area contributed by atoms with Crippen molar-refractivity contribution in [3.8, 4) is 0 Å². The Bertz CT molecular complexity index is 804. The van der Waals surface area contributed by atoms with Gasteiger partial charge >= 0.3 is 0 Å². The fourth-order valence-corrected chi connectivity index (χ4v) is 5.04. The third kappa shape index (κ3) is 4.03. The first-order valence-electron chi connectivity index (χ1n) is 8.87. The average Bonchev–Trinajstić information content (AvgIpc) is 2.82. The molecule has 0 saturated carbocycles. The normalized spacial score (nSPS) is 16.7. The summed E-state index contributed by atoms with van der Waals surface area (Å²) in [7, 11) is 0.548. The van der Waals surface area contributed by atoms with Crippen LogP contribution in [0.25, 0.3) is 0 Å². The van der Waals surface area contributed by atoms with Crippen LogP contribution in [0.5, 0.6) is 0 Å². The molecule has 1 aliphatic heterocycles. The summed E-state index contributed by atoms with van der Waals surface area (Å²) < 4.78 is 52.3. The van der Waals surface area contributed by atoms with Crippen LogP contribution in [0.1, 0.15) is 19.3 Å². The minimum atomic E-state index is -3.49. The SMILES string of the molecule is CN(C)CCCCCN1c2ccccc2N(c2ccc(F)cc2F)S1(O)O. The highest BCUT2D eigenvalue weighted by Gasteiger charge is 2.42. The lowest BCUT2D eigenvalue weighted by molar-refractivity contribution is 0.392. The van der Waals surface area contributed by atoms with Crippen molar-refractivity contribution >= 4 is 28.0 Å². The Labute approximate surface area is 160 Å². The molecule has 2 N–H and O–H groups in total. The van der Waals surface area contributed by atoms with E-state index in [1.807, 2.05) is 14.1 Å². The lowest BCUT2D eigenvalue weighted by atomic mass is 10.2. The van der Waals surface area contributed by atoms with Crippen molar-refractivity contribution in [2.24, 2.45) is 0 Å². The van der Waals surface area contributed by atoms with Crippen molar-refractivity contribution in [1.29, 1.82) is 0 Å². The van der Waals surface area contributed by atoms with Crippen LogP contribution in [0.4, 0.5) is 25.8 Å². The predicted octanol–water partition coefficient (Wildman–Crippen LogP) is 5.24. The van der Waals surface area contributed by atoms with Crippen LogP contribution in [0.3, 0.4) is 0 Å². The largest absolute Gasteiger partial charge is 0.309 e. The molecule has 27 heavy (non-hydrogen) atoms. The molecule has 148 valence electrons. The van der Waals surface area contributed by atoms with Crippen molar-refractivity contribution in [3.63, 3.8) is 0 Å². The molecule has 3 rings (SSSR count). The fraction of sp³-hybridized carbons (Fsp3) is 0.368. The molecule has 1 aliphatic rings. The molecule has 5 nitrogen and oxygen atoms in total. The smallest absolute Gasteiger partial charge is 0.151 e. The Hall–Kier alpha value is -1.87. The topological polar surface area (TPSA) is 50.2 Å². The van der Waals surface area contributed by atoms with Gasteiger partial charge in [0.15, 0.2) is 5.82 Å². The minimum Gasteiger partial charge on any atom is -0.309 e. The molecule has 0 spiro atoms. The van der Waals surface area contributed by atoms with Gasteiger partial charge < -0.3 is 4.90 Å². The first-order valence-corrected chi connectivity index (χ1v) is 10.3. The lowest BCUT2D eigenvalue weighted by Crippen LogP contribution is -2.32. The molecule has 1 heterocycles. The molecule has 2 aromatic carbocycles. The van der Waals surface area contributed by atoms with Crippen molar-refractivity contribution < 1.29 is 17.9 Å². The molecule has 0 aliphatic carbocycles. The van der Waals surface area contributed by atoms with E-state index < -0.39 is 22.6 Å². The second kappa shape index (κ2) is 8.02. The highest BCUT2D eigenvalue weighted by molar-refractivity contribution is 8.27. The van der Waals surface area contributed by atoms with Gasteiger partial charge in [0.1, 0.15) is 11.5 Å². The number of para-hydroxylation sites is 2. The van der Waals surface area contributed by atoms with Crippen LogP contribution in [0.2, 0.25) is 0 Å². The second-order valence-corrected chi connectivity index (χ2v) is 8.62. The molecule has 0 bridgehead atoms. The Balaban J connectivity index is 1.86. The van der Waals surface area contributed by atoms with E-state index in [4.69, 9.17) is 0 Å². The van der Waals surface area contributed by atoms with E-state index in [9.17, 15) is 17.9 Å². The summed E-state index contributed by atoms with van der Waals surface area (Å²) in [6, 6.07) is 10.1. The molecule has 0 saturated heterocycles. The van der Waals surface area contributed by atoms with Gasteiger partial charge in [-0.15, -0.1) is 0 Å². The van der Waals surface area contributed by atoms with Gasteiger partial charge in [-0.2, -0.15) is 0 Å². The van der Waals surface area contributed by atoms with Gasteiger partial charge in [-0.3, -0.25) is 13.4 Å². The van der Waals surface area contributed by atoms with E-state index in [2.05, 4.69) is 4.90 Å². The number of anilines is 3. The summed E-state index contributed by atoms with van der Waals surface area (Å²) in [5, 5.41) is 0. The maximum Gasteiger partial charge on any atom is 0.151 e. The van der Waals surface area contributed by atoms with Crippen molar-refractivity contribution in [2.75, 3.05) is 35.8 Å². The number of rotatable bonds is 7. The highest BCUT2D eigenvalue weighted by Crippen LogP contribution is 2.64. The summed E-state index contributed by atoms with van der Waals surface area (Å²) in [5.41, 5.74) is 1.07. The summed E-state index contributed by atoms with van der Waals surface area (Å²) >= 11 is 0. The molecule has 8 heteroatoms. The lowest BCUT2D eigenvalue weighted by Gasteiger charge is -2.43. The van der Waals surface area contributed by atoms with Crippen molar-refractivity contribution in [2.45, 2.75) is 19.3 Å². The fourth-order valence-electron chi connectivity index (χ4n) is 3.22. The van der Waals surface area contributed by atoms with E-state index in [0.29, 0.717) is 17.9 Å². The Morgan fingerprint density at radius 2 is 1.63 bits per heavy atom.